The van der Waals surface area contributed by atoms with Gasteiger partial charge in [-0.15, -0.1) is 0 Å². The minimum atomic E-state index is -0.237. The molecule has 4 heteroatoms. The Morgan fingerprint density at radius 2 is 1.95 bits per heavy atom. The predicted molar refractivity (Wildman–Crippen MR) is 77.8 cm³/mol. The molecule has 1 unspecified atom stereocenters. The molecule has 0 saturated carbocycles. The van der Waals surface area contributed by atoms with E-state index < -0.39 is 0 Å². The van der Waals surface area contributed by atoms with E-state index in [-0.39, 0.29) is 11.9 Å². The van der Waals surface area contributed by atoms with Crippen molar-refractivity contribution in [2.45, 2.75) is 6.04 Å². The molecule has 2 rings (SSSR count). The van der Waals surface area contributed by atoms with Gasteiger partial charge in [0.05, 0.1) is 6.04 Å². The second kappa shape index (κ2) is 6.68. The van der Waals surface area contributed by atoms with Crippen LogP contribution < -0.4 is 10.1 Å². The first kappa shape index (κ1) is 14.0. The summed E-state index contributed by atoms with van der Waals surface area (Å²) in [6.45, 7) is 0.369. The van der Waals surface area contributed by atoms with E-state index in [0.29, 0.717) is 12.2 Å². The molecule has 2 aromatic rings. The van der Waals surface area contributed by atoms with Crippen molar-refractivity contribution in [1.29, 1.82) is 0 Å². The van der Waals surface area contributed by atoms with Crippen LogP contribution in [0.25, 0.3) is 0 Å². The fourth-order valence-corrected chi connectivity index (χ4v) is 2.19. The molecule has 1 N–H and O–H groups in total. The van der Waals surface area contributed by atoms with E-state index in [2.05, 4.69) is 21.2 Å². The molecule has 0 amide bonds. The zero-order chi connectivity index (χ0) is 13.7. The fraction of sp³-hybridized carbons (Fsp3) is 0.200. The molecule has 0 aliphatic heterocycles. The SMILES string of the molecule is CNC(COc1ccccc1)c1cc(Br)ccc1F. The smallest absolute Gasteiger partial charge is 0.128 e. The normalized spacial score (nSPS) is 12.2. The number of rotatable bonds is 5. The van der Waals surface area contributed by atoms with E-state index in [1.165, 1.54) is 6.07 Å². The van der Waals surface area contributed by atoms with E-state index in [0.717, 1.165) is 10.2 Å². The average Bonchev–Trinajstić information content (AvgIpc) is 2.44. The van der Waals surface area contributed by atoms with Crippen molar-refractivity contribution in [3.8, 4) is 5.75 Å². The maximum Gasteiger partial charge on any atom is 0.128 e. The van der Waals surface area contributed by atoms with Crippen molar-refractivity contribution >= 4 is 15.9 Å². The van der Waals surface area contributed by atoms with Gasteiger partial charge in [0.15, 0.2) is 0 Å². The van der Waals surface area contributed by atoms with Gasteiger partial charge in [-0.3, -0.25) is 0 Å². The number of benzene rings is 2. The highest BCUT2D eigenvalue weighted by atomic mass is 79.9. The van der Waals surface area contributed by atoms with Crippen LogP contribution in [0, 0.1) is 5.82 Å². The third-order valence-corrected chi connectivity index (χ3v) is 3.34. The first-order valence-corrected chi connectivity index (χ1v) is 6.80. The van der Waals surface area contributed by atoms with Crippen LogP contribution in [0.3, 0.4) is 0 Å². The largest absolute Gasteiger partial charge is 0.492 e. The van der Waals surface area contributed by atoms with Crippen molar-refractivity contribution < 1.29 is 9.13 Å². The lowest BCUT2D eigenvalue weighted by molar-refractivity contribution is 0.270. The van der Waals surface area contributed by atoms with Crippen LogP contribution in [0.2, 0.25) is 0 Å². The maximum absolute atomic E-state index is 13.8. The van der Waals surface area contributed by atoms with Crippen LogP contribution in [-0.2, 0) is 0 Å². The lowest BCUT2D eigenvalue weighted by Gasteiger charge is -2.18. The van der Waals surface area contributed by atoms with Gasteiger partial charge in [0.2, 0.25) is 0 Å². The summed E-state index contributed by atoms with van der Waals surface area (Å²) in [4.78, 5) is 0. The van der Waals surface area contributed by atoms with E-state index in [1.54, 1.807) is 19.2 Å². The second-order valence-electron chi connectivity index (χ2n) is 4.13. The highest BCUT2D eigenvalue weighted by Crippen LogP contribution is 2.22. The summed E-state index contributed by atoms with van der Waals surface area (Å²) in [6, 6.07) is 14.2. The van der Waals surface area contributed by atoms with Gasteiger partial charge >= 0.3 is 0 Å². The Morgan fingerprint density at radius 3 is 2.63 bits per heavy atom. The van der Waals surface area contributed by atoms with Gasteiger partial charge in [0.25, 0.3) is 0 Å². The van der Waals surface area contributed by atoms with E-state index >= 15 is 0 Å². The lowest BCUT2D eigenvalue weighted by atomic mass is 10.1. The summed E-state index contributed by atoms with van der Waals surface area (Å²) in [5.74, 6) is 0.539. The highest BCUT2D eigenvalue weighted by Gasteiger charge is 2.15. The van der Waals surface area contributed by atoms with E-state index in [9.17, 15) is 4.39 Å². The van der Waals surface area contributed by atoms with Gasteiger partial charge in [-0.1, -0.05) is 34.1 Å². The monoisotopic (exact) mass is 323 g/mol. The molecular weight excluding hydrogens is 309 g/mol. The number of nitrogens with one attached hydrogen (secondary N) is 1. The van der Waals surface area contributed by atoms with Crippen LogP contribution in [0.1, 0.15) is 11.6 Å². The molecule has 0 aliphatic rings. The topological polar surface area (TPSA) is 21.3 Å². The number of ether oxygens (including phenoxy) is 1. The molecule has 0 aliphatic carbocycles. The summed E-state index contributed by atoms with van der Waals surface area (Å²) in [5.41, 5.74) is 0.591. The Labute approximate surface area is 120 Å². The molecule has 2 aromatic carbocycles. The third-order valence-electron chi connectivity index (χ3n) is 2.84. The minimum Gasteiger partial charge on any atom is -0.492 e. The zero-order valence-electron chi connectivity index (χ0n) is 10.6. The first-order valence-electron chi connectivity index (χ1n) is 6.01. The van der Waals surface area contributed by atoms with Crippen LogP contribution in [0.15, 0.2) is 53.0 Å². The Balaban J connectivity index is 2.10. The molecule has 19 heavy (non-hydrogen) atoms. The van der Waals surface area contributed by atoms with Gasteiger partial charge in [-0.2, -0.15) is 0 Å². The lowest BCUT2D eigenvalue weighted by Crippen LogP contribution is -2.24. The van der Waals surface area contributed by atoms with Crippen LogP contribution >= 0.6 is 15.9 Å². The Hall–Kier alpha value is -1.39. The van der Waals surface area contributed by atoms with Crippen molar-refractivity contribution in [3.63, 3.8) is 0 Å². The molecule has 0 radical (unpaired) electrons. The number of likely N-dealkylation sites (N-methyl/N-ethyl adjacent to an activating group) is 1. The molecule has 1 atom stereocenters. The summed E-state index contributed by atoms with van der Waals surface area (Å²) < 4.78 is 20.3. The molecule has 0 fully saturated rings. The first-order chi connectivity index (χ1) is 9.20. The Bertz CT molecular complexity index is 533. The van der Waals surface area contributed by atoms with E-state index in [1.807, 2.05) is 30.3 Å². The summed E-state index contributed by atoms with van der Waals surface area (Å²) in [5, 5.41) is 3.07. The number of hydrogen-bond donors (Lipinski definition) is 1. The van der Waals surface area contributed by atoms with Gasteiger partial charge in [0.1, 0.15) is 18.2 Å². The highest BCUT2D eigenvalue weighted by molar-refractivity contribution is 9.10. The summed E-state index contributed by atoms with van der Waals surface area (Å²) in [7, 11) is 1.79. The van der Waals surface area contributed by atoms with Gasteiger partial charge < -0.3 is 10.1 Å². The molecular formula is C15H15BrFNO. The Kier molecular flexibility index (Phi) is 4.93. The van der Waals surface area contributed by atoms with Crippen molar-refractivity contribution in [2.75, 3.05) is 13.7 Å². The van der Waals surface area contributed by atoms with Crippen molar-refractivity contribution in [3.05, 3.63) is 64.4 Å². The minimum absolute atomic E-state index is 0.197. The molecule has 100 valence electrons. The van der Waals surface area contributed by atoms with Gasteiger partial charge in [-0.05, 0) is 37.4 Å². The van der Waals surface area contributed by atoms with Crippen molar-refractivity contribution in [1.82, 2.24) is 5.32 Å². The van der Waals surface area contributed by atoms with Gasteiger partial charge in [0, 0.05) is 10.0 Å². The van der Waals surface area contributed by atoms with Crippen LogP contribution in [-0.4, -0.2) is 13.7 Å². The average molecular weight is 324 g/mol. The molecule has 0 heterocycles. The zero-order valence-corrected chi connectivity index (χ0v) is 12.2. The quantitative estimate of drug-likeness (QED) is 0.900. The summed E-state index contributed by atoms with van der Waals surface area (Å²) >= 11 is 3.35. The number of hydrogen-bond acceptors (Lipinski definition) is 2. The second-order valence-corrected chi connectivity index (χ2v) is 5.05. The molecule has 0 aromatic heterocycles. The maximum atomic E-state index is 13.8. The van der Waals surface area contributed by atoms with Gasteiger partial charge in [-0.25, -0.2) is 4.39 Å². The Morgan fingerprint density at radius 1 is 1.21 bits per heavy atom. The van der Waals surface area contributed by atoms with Crippen LogP contribution in [0.5, 0.6) is 5.75 Å². The number of halogens is 2. The predicted octanol–water partition coefficient (Wildman–Crippen LogP) is 3.93. The van der Waals surface area contributed by atoms with Crippen LogP contribution in [0.4, 0.5) is 4.39 Å². The third kappa shape index (κ3) is 3.78. The molecule has 0 bridgehead atoms. The number of para-hydroxylation sites is 1. The van der Waals surface area contributed by atoms with E-state index in [4.69, 9.17) is 4.74 Å². The standard InChI is InChI=1S/C15H15BrFNO/c1-18-15(10-19-12-5-3-2-4-6-12)13-9-11(16)7-8-14(13)17/h2-9,15,18H,10H2,1H3. The molecule has 0 saturated heterocycles. The molecule has 2 nitrogen and oxygen atoms in total. The van der Waals surface area contributed by atoms with Crippen molar-refractivity contribution in [2.24, 2.45) is 0 Å². The summed E-state index contributed by atoms with van der Waals surface area (Å²) in [6.07, 6.45) is 0. The molecule has 0 spiro atoms. The fourth-order valence-electron chi connectivity index (χ4n) is 1.81.